The first-order valence-corrected chi connectivity index (χ1v) is 9.93. The topological polar surface area (TPSA) is 83.6 Å². The van der Waals surface area contributed by atoms with Crippen LogP contribution in [0.15, 0.2) is 55.0 Å². The number of nitrogens with one attached hydrogen (secondary N) is 2. The van der Waals surface area contributed by atoms with Gasteiger partial charge in [0.05, 0.1) is 5.69 Å². The van der Waals surface area contributed by atoms with E-state index >= 15 is 0 Å². The predicted molar refractivity (Wildman–Crippen MR) is 114 cm³/mol. The molecule has 1 aromatic carbocycles. The Kier molecular flexibility index (Phi) is 4.52. The van der Waals surface area contributed by atoms with E-state index in [0.717, 1.165) is 39.7 Å². The van der Waals surface area contributed by atoms with Gasteiger partial charge in [0.15, 0.2) is 0 Å². The third kappa shape index (κ3) is 3.49. The van der Waals surface area contributed by atoms with Gasteiger partial charge >= 0.3 is 0 Å². The summed E-state index contributed by atoms with van der Waals surface area (Å²) < 4.78 is 0. The van der Waals surface area contributed by atoms with Gasteiger partial charge in [-0.15, -0.1) is 0 Å². The van der Waals surface area contributed by atoms with E-state index in [9.17, 15) is 4.79 Å². The van der Waals surface area contributed by atoms with Crippen molar-refractivity contribution in [3.05, 3.63) is 60.6 Å². The molecule has 4 aromatic rings. The van der Waals surface area contributed by atoms with Crippen LogP contribution in [-0.4, -0.2) is 32.3 Å². The van der Waals surface area contributed by atoms with Crippen molar-refractivity contribution >= 4 is 23.3 Å². The van der Waals surface area contributed by atoms with Crippen LogP contribution in [-0.2, 0) is 0 Å². The maximum atomic E-state index is 10.9. The molecule has 0 aliphatic heterocycles. The number of H-pyrrole nitrogens is 1. The minimum Gasteiger partial charge on any atom is -0.351 e. The first kappa shape index (κ1) is 17.6. The van der Waals surface area contributed by atoms with Gasteiger partial charge in [0.1, 0.15) is 11.9 Å². The molecule has 6 heteroatoms. The Morgan fingerprint density at radius 3 is 2.66 bits per heavy atom. The van der Waals surface area contributed by atoms with Gasteiger partial charge in [0.2, 0.25) is 5.95 Å². The Bertz CT molecular complexity index is 1160. The molecular formula is C23H21N5O. The van der Waals surface area contributed by atoms with Crippen molar-refractivity contribution in [3.8, 4) is 22.4 Å². The minimum atomic E-state index is 0.468. The SMILES string of the molecule is O=Cc1ccc(-c2cnc3[nH]cc(-c4ccnc(NC5CCCC5)n4)c3c2)cc1. The number of pyridine rings is 1. The van der Waals surface area contributed by atoms with Gasteiger partial charge in [-0.05, 0) is 30.5 Å². The highest BCUT2D eigenvalue weighted by Crippen LogP contribution is 2.30. The van der Waals surface area contributed by atoms with Crippen molar-refractivity contribution < 1.29 is 4.79 Å². The molecule has 3 aromatic heterocycles. The van der Waals surface area contributed by atoms with E-state index in [-0.39, 0.29) is 0 Å². The van der Waals surface area contributed by atoms with E-state index in [0.29, 0.717) is 17.6 Å². The number of hydrogen-bond acceptors (Lipinski definition) is 5. The molecule has 144 valence electrons. The van der Waals surface area contributed by atoms with Crippen LogP contribution in [0.2, 0.25) is 0 Å². The van der Waals surface area contributed by atoms with Crippen molar-refractivity contribution in [2.75, 3.05) is 5.32 Å². The maximum absolute atomic E-state index is 10.9. The molecule has 29 heavy (non-hydrogen) atoms. The Labute approximate surface area is 168 Å². The number of anilines is 1. The lowest BCUT2D eigenvalue weighted by Gasteiger charge is -2.12. The van der Waals surface area contributed by atoms with Crippen LogP contribution < -0.4 is 5.32 Å². The van der Waals surface area contributed by atoms with Crippen LogP contribution >= 0.6 is 0 Å². The molecule has 1 aliphatic rings. The fraction of sp³-hybridized carbons (Fsp3) is 0.217. The Morgan fingerprint density at radius 1 is 1.03 bits per heavy atom. The maximum Gasteiger partial charge on any atom is 0.223 e. The summed E-state index contributed by atoms with van der Waals surface area (Å²) in [5.41, 5.74) is 5.35. The normalized spacial score (nSPS) is 14.3. The molecule has 0 spiro atoms. The molecule has 1 saturated carbocycles. The fourth-order valence-electron chi connectivity index (χ4n) is 3.96. The number of benzene rings is 1. The summed E-state index contributed by atoms with van der Waals surface area (Å²) in [7, 11) is 0. The third-order valence-corrected chi connectivity index (χ3v) is 5.53. The van der Waals surface area contributed by atoms with E-state index in [4.69, 9.17) is 4.98 Å². The first-order chi connectivity index (χ1) is 14.3. The molecule has 0 atom stereocenters. The molecule has 0 bridgehead atoms. The lowest BCUT2D eigenvalue weighted by molar-refractivity contribution is 0.112. The fourth-order valence-corrected chi connectivity index (χ4v) is 3.96. The summed E-state index contributed by atoms with van der Waals surface area (Å²) in [5.74, 6) is 0.678. The smallest absolute Gasteiger partial charge is 0.223 e. The van der Waals surface area contributed by atoms with Crippen LogP contribution in [0.1, 0.15) is 36.0 Å². The molecule has 0 radical (unpaired) electrons. The number of aromatic amines is 1. The van der Waals surface area contributed by atoms with Gasteiger partial charge < -0.3 is 10.3 Å². The zero-order valence-electron chi connectivity index (χ0n) is 15.9. The summed E-state index contributed by atoms with van der Waals surface area (Å²) in [6, 6.07) is 12.0. The van der Waals surface area contributed by atoms with Crippen LogP contribution in [0.25, 0.3) is 33.4 Å². The second-order valence-electron chi connectivity index (χ2n) is 7.45. The van der Waals surface area contributed by atoms with Gasteiger partial charge in [0, 0.05) is 46.7 Å². The summed E-state index contributed by atoms with van der Waals surface area (Å²) in [6.07, 6.45) is 11.3. The van der Waals surface area contributed by atoms with Crippen molar-refractivity contribution in [2.45, 2.75) is 31.7 Å². The van der Waals surface area contributed by atoms with Crippen molar-refractivity contribution in [1.29, 1.82) is 0 Å². The highest BCUT2D eigenvalue weighted by atomic mass is 16.1. The second-order valence-corrected chi connectivity index (χ2v) is 7.45. The Balaban J connectivity index is 1.50. The van der Waals surface area contributed by atoms with Gasteiger partial charge in [-0.2, -0.15) is 0 Å². The molecule has 5 rings (SSSR count). The molecule has 1 aliphatic carbocycles. The second kappa shape index (κ2) is 7.47. The van der Waals surface area contributed by atoms with Crippen molar-refractivity contribution in [2.24, 2.45) is 0 Å². The summed E-state index contributed by atoms with van der Waals surface area (Å²) in [5, 5.41) is 4.47. The molecule has 0 unspecified atom stereocenters. The Hall–Kier alpha value is -3.54. The molecule has 0 saturated heterocycles. The van der Waals surface area contributed by atoms with E-state index in [1.54, 1.807) is 6.20 Å². The average molecular weight is 383 g/mol. The zero-order chi connectivity index (χ0) is 19.6. The number of nitrogens with zero attached hydrogens (tertiary/aromatic N) is 3. The van der Waals surface area contributed by atoms with E-state index < -0.39 is 0 Å². The number of fused-ring (bicyclic) bond motifs is 1. The predicted octanol–water partition coefficient (Wildman–Crippen LogP) is 4.85. The van der Waals surface area contributed by atoms with E-state index in [2.05, 4.69) is 26.3 Å². The average Bonchev–Trinajstić information content (AvgIpc) is 3.43. The molecule has 3 heterocycles. The molecular weight excluding hydrogens is 362 g/mol. The number of carbonyl (C=O) groups excluding carboxylic acids is 1. The minimum absolute atomic E-state index is 0.468. The zero-order valence-corrected chi connectivity index (χ0v) is 15.9. The van der Waals surface area contributed by atoms with E-state index in [1.807, 2.05) is 42.7 Å². The van der Waals surface area contributed by atoms with Gasteiger partial charge in [-0.3, -0.25) is 4.79 Å². The third-order valence-electron chi connectivity index (χ3n) is 5.53. The monoisotopic (exact) mass is 383 g/mol. The first-order valence-electron chi connectivity index (χ1n) is 9.93. The summed E-state index contributed by atoms with van der Waals surface area (Å²) in [6.45, 7) is 0. The number of carbonyl (C=O) groups is 1. The lowest BCUT2D eigenvalue weighted by Crippen LogP contribution is -2.16. The highest BCUT2D eigenvalue weighted by Gasteiger charge is 2.16. The van der Waals surface area contributed by atoms with Crippen molar-refractivity contribution in [3.63, 3.8) is 0 Å². The summed E-state index contributed by atoms with van der Waals surface area (Å²) >= 11 is 0. The van der Waals surface area contributed by atoms with Gasteiger partial charge in [0.25, 0.3) is 0 Å². The number of rotatable bonds is 5. The van der Waals surface area contributed by atoms with Crippen LogP contribution in [0, 0.1) is 0 Å². The van der Waals surface area contributed by atoms with Crippen LogP contribution in [0.5, 0.6) is 0 Å². The largest absolute Gasteiger partial charge is 0.351 e. The van der Waals surface area contributed by atoms with Crippen molar-refractivity contribution in [1.82, 2.24) is 19.9 Å². The van der Waals surface area contributed by atoms with Crippen LogP contribution in [0.3, 0.4) is 0 Å². The molecule has 1 fully saturated rings. The van der Waals surface area contributed by atoms with Gasteiger partial charge in [-0.25, -0.2) is 15.0 Å². The summed E-state index contributed by atoms with van der Waals surface area (Å²) in [4.78, 5) is 27.8. The number of hydrogen-bond donors (Lipinski definition) is 2. The standard InChI is InChI=1S/C23H21N5O/c29-14-15-5-7-16(8-6-15)17-11-19-20(13-26-22(19)25-12-17)21-9-10-24-23(28-21)27-18-3-1-2-4-18/h5-14,18H,1-4H2,(H,25,26)(H,24,27,28). The lowest BCUT2D eigenvalue weighted by atomic mass is 10.0. The number of aromatic nitrogens is 4. The van der Waals surface area contributed by atoms with E-state index in [1.165, 1.54) is 25.7 Å². The Morgan fingerprint density at radius 2 is 1.86 bits per heavy atom. The molecule has 2 N–H and O–H groups in total. The van der Waals surface area contributed by atoms with Gasteiger partial charge in [-0.1, -0.05) is 37.1 Å². The quantitative estimate of drug-likeness (QED) is 0.481. The molecule has 6 nitrogen and oxygen atoms in total. The highest BCUT2D eigenvalue weighted by molar-refractivity contribution is 5.95. The number of aldehydes is 1. The molecule has 0 amide bonds. The van der Waals surface area contributed by atoms with Crippen LogP contribution in [0.4, 0.5) is 5.95 Å².